The summed E-state index contributed by atoms with van der Waals surface area (Å²) in [7, 11) is 0. The molecule has 3 rings (SSSR count). The fraction of sp³-hybridized carbons (Fsp3) is 0.263. The van der Waals surface area contributed by atoms with Crippen LogP contribution in [0.2, 0.25) is 0 Å². The molecule has 5 nitrogen and oxygen atoms in total. The lowest BCUT2D eigenvalue weighted by Gasteiger charge is -2.31. The van der Waals surface area contributed by atoms with Gasteiger partial charge in [0.25, 0.3) is 5.91 Å². The van der Waals surface area contributed by atoms with Crippen LogP contribution in [0.3, 0.4) is 0 Å². The highest BCUT2D eigenvalue weighted by Gasteiger charge is 2.25. The first-order chi connectivity index (χ1) is 12.1. The first-order valence-corrected chi connectivity index (χ1v) is 9.00. The van der Waals surface area contributed by atoms with E-state index in [1.54, 1.807) is 23.1 Å². The van der Waals surface area contributed by atoms with Crippen LogP contribution in [-0.2, 0) is 0 Å². The molecule has 1 aliphatic rings. The third-order valence-corrected chi connectivity index (χ3v) is 4.85. The van der Waals surface area contributed by atoms with Gasteiger partial charge in [-0.15, -0.1) is 0 Å². The summed E-state index contributed by atoms with van der Waals surface area (Å²) in [6.45, 7) is 1.12. The number of amides is 2. The summed E-state index contributed by atoms with van der Waals surface area (Å²) in [5, 5.41) is 3.04. The molecule has 0 saturated carbocycles. The van der Waals surface area contributed by atoms with Gasteiger partial charge in [-0.25, -0.2) is 4.79 Å². The van der Waals surface area contributed by atoms with Crippen molar-refractivity contribution in [2.75, 3.05) is 13.1 Å². The molecule has 0 spiro atoms. The number of ether oxygens (including phenoxy) is 1. The third-order valence-electron chi connectivity index (χ3n) is 4.16. The molecule has 1 aliphatic heterocycles. The molecular weight excluding hydrogens is 384 g/mol. The van der Waals surface area contributed by atoms with E-state index in [1.807, 2.05) is 36.4 Å². The summed E-state index contributed by atoms with van der Waals surface area (Å²) in [5.41, 5.74) is 0.619. The van der Waals surface area contributed by atoms with Crippen LogP contribution < -0.4 is 10.1 Å². The van der Waals surface area contributed by atoms with E-state index >= 15 is 0 Å². The first kappa shape index (κ1) is 17.5. The molecule has 2 aromatic carbocycles. The quantitative estimate of drug-likeness (QED) is 0.847. The molecule has 0 bridgehead atoms. The van der Waals surface area contributed by atoms with Gasteiger partial charge in [0.1, 0.15) is 5.75 Å². The molecular formula is C19H19BrN2O3. The zero-order chi connectivity index (χ0) is 17.6. The first-order valence-electron chi connectivity index (χ1n) is 8.20. The van der Waals surface area contributed by atoms with Crippen molar-refractivity contribution >= 4 is 27.9 Å². The number of piperidine rings is 1. The van der Waals surface area contributed by atoms with Gasteiger partial charge < -0.3 is 15.0 Å². The molecule has 0 aromatic heterocycles. The molecule has 2 aromatic rings. The number of rotatable bonds is 3. The second-order valence-corrected chi connectivity index (χ2v) is 6.75. The lowest BCUT2D eigenvalue weighted by atomic mass is 10.0. The van der Waals surface area contributed by atoms with Gasteiger partial charge in [0.2, 0.25) is 0 Å². The molecule has 1 N–H and O–H groups in total. The third kappa shape index (κ3) is 4.60. The predicted molar refractivity (Wildman–Crippen MR) is 98.7 cm³/mol. The van der Waals surface area contributed by atoms with E-state index in [4.69, 9.17) is 4.74 Å². The van der Waals surface area contributed by atoms with Gasteiger partial charge in [0.05, 0.1) is 5.56 Å². The highest BCUT2D eigenvalue weighted by Crippen LogP contribution is 2.18. The molecule has 25 heavy (non-hydrogen) atoms. The van der Waals surface area contributed by atoms with Crippen LogP contribution in [0.25, 0.3) is 0 Å². The minimum absolute atomic E-state index is 0.0559. The van der Waals surface area contributed by atoms with Gasteiger partial charge in [-0.2, -0.15) is 0 Å². The Morgan fingerprint density at radius 1 is 1.00 bits per heavy atom. The van der Waals surface area contributed by atoms with Crippen molar-refractivity contribution in [1.29, 1.82) is 0 Å². The number of likely N-dealkylation sites (tertiary alicyclic amines) is 1. The number of nitrogens with zero attached hydrogens (tertiary/aromatic N) is 1. The average molecular weight is 403 g/mol. The van der Waals surface area contributed by atoms with Crippen LogP contribution in [0.4, 0.5) is 4.79 Å². The highest BCUT2D eigenvalue weighted by atomic mass is 79.9. The average Bonchev–Trinajstić information content (AvgIpc) is 2.63. The number of benzene rings is 2. The fourth-order valence-electron chi connectivity index (χ4n) is 2.77. The SMILES string of the molecule is O=C(NC1CCN(C(=O)Oc2ccccc2)CC1)c1ccccc1Br. The van der Waals surface area contributed by atoms with Crippen molar-refractivity contribution in [2.24, 2.45) is 0 Å². The van der Waals surface area contributed by atoms with Crippen molar-refractivity contribution in [2.45, 2.75) is 18.9 Å². The number of carbonyl (C=O) groups is 2. The minimum atomic E-state index is -0.346. The second kappa shape index (κ2) is 8.16. The Hall–Kier alpha value is -2.34. The van der Waals surface area contributed by atoms with Crippen molar-refractivity contribution < 1.29 is 14.3 Å². The van der Waals surface area contributed by atoms with Gasteiger partial charge in [0, 0.05) is 23.6 Å². The molecule has 0 unspecified atom stereocenters. The number of hydrogen-bond acceptors (Lipinski definition) is 3. The van der Waals surface area contributed by atoms with E-state index in [0.29, 0.717) is 37.2 Å². The van der Waals surface area contributed by atoms with Gasteiger partial charge >= 0.3 is 6.09 Å². The number of nitrogens with one attached hydrogen (secondary N) is 1. The zero-order valence-corrected chi connectivity index (χ0v) is 15.2. The number of hydrogen-bond donors (Lipinski definition) is 1. The van der Waals surface area contributed by atoms with Gasteiger partial charge in [0.15, 0.2) is 0 Å². The molecule has 1 saturated heterocycles. The van der Waals surface area contributed by atoms with E-state index in [9.17, 15) is 9.59 Å². The lowest BCUT2D eigenvalue weighted by Crippen LogP contribution is -2.47. The van der Waals surface area contributed by atoms with Crippen LogP contribution in [0.15, 0.2) is 59.1 Å². The number of halogens is 1. The summed E-state index contributed by atoms with van der Waals surface area (Å²) >= 11 is 3.39. The smallest absolute Gasteiger partial charge is 0.410 e. The van der Waals surface area contributed by atoms with Gasteiger partial charge in [-0.1, -0.05) is 30.3 Å². The summed E-state index contributed by atoms with van der Waals surface area (Å²) in [6.07, 6.45) is 1.07. The maximum atomic E-state index is 12.3. The summed E-state index contributed by atoms with van der Waals surface area (Å²) in [4.78, 5) is 26.2. The Kier molecular flexibility index (Phi) is 5.71. The zero-order valence-electron chi connectivity index (χ0n) is 13.7. The van der Waals surface area contributed by atoms with Crippen LogP contribution in [0, 0.1) is 0 Å². The Bertz CT molecular complexity index is 743. The lowest BCUT2D eigenvalue weighted by molar-refractivity contribution is 0.0909. The number of para-hydroxylation sites is 1. The topological polar surface area (TPSA) is 58.6 Å². The molecule has 0 aliphatic carbocycles. The van der Waals surface area contributed by atoms with Gasteiger partial charge in [-0.3, -0.25) is 4.79 Å². The largest absolute Gasteiger partial charge is 0.415 e. The fourth-order valence-corrected chi connectivity index (χ4v) is 3.23. The molecule has 0 atom stereocenters. The molecule has 6 heteroatoms. The van der Waals surface area contributed by atoms with Crippen LogP contribution in [0.5, 0.6) is 5.75 Å². The number of carbonyl (C=O) groups excluding carboxylic acids is 2. The van der Waals surface area contributed by atoms with E-state index in [0.717, 1.165) is 4.47 Å². The maximum absolute atomic E-state index is 12.3. The Labute approximate surface area is 155 Å². The molecule has 1 heterocycles. The second-order valence-electron chi connectivity index (χ2n) is 5.90. The van der Waals surface area contributed by atoms with Crippen LogP contribution in [-0.4, -0.2) is 36.0 Å². The van der Waals surface area contributed by atoms with E-state index in [-0.39, 0.29) is 18.0 Å². The molecule has 130 valence electrons. The normalized spacial score (nSPS) is 14.8. The van der Waals surface area contributed by atoms with Crippen LogP contribution >= 0.6 is 15.9 Å². The van der Waals surface area contributed by atoms with Crippen molar-refractivity contribution in [1.82, 2.24) is 10.2 Å². The maximum Gasteiger partial charge on any atom is 0.415 e. The Morgan fingerprint density at radius 3 is 2.32 bits per heavy atom. The monoisotopic (exact) mass is 402 g/mol. The molecule has 1 fully saturated rings. The summed E-state index contributed by atoms with van der Waals surface area (Å²) < 4.78 is 6.12. The van der Waals surface area contributed by atoms with E-state index in [1.165, 1.54) is 0 Å². The highest BCUT2D eigenvalue weighted by molar-refractivity contribution is 9.10. The van der Waals surface area contributed by atoms with E-state index < -0.39 is 0 Å². The van der Waals surface area contributed by atoms with Crippen molar-refractivity contribution in [3.05, 3.63) is 64.6 Å². The predicted octanol–water partition coefficient (Wildman–Crippen LogP) is 3.84. The molecule has 0 radical (unpaired) electrons. The van der Waals surface area contributed by atoms with Crippen molar-refractivity contribution in [3.63, 3.8) is 0 Å². The summed E-state index contributed by atoms with van der Waals surface area (Å²) in [5.74, 6) is 0.439. The molecule has 2 amide bonds. The van der Waals surface area contributed by atoms with Gasteiger partial charge in [-0.05, 0) is 53.0 Å². The standard InChI is InChI=1S/C19H19BrN2O3/c20-17-9-5-4-8-16(17)18(23)21-14-10-12-22(13-11-14)19(24)25-15-6-2-1-3-7-15/h1-9,14H,10-13H2,(H,21,23). The minimum Gasteiger partial charge on any atom is -0.410 e. The Balaban J connectivity index is 1.49. The summed E-state index contributed by atoms with van der Waals surface area (Å²) in [6, 6.07) is 16.4. The Morgan fingerprint density at radius 2 is 1.64 bits per heavy atom. The van der Waals surface area contributed by atoms with Crippen LogP contribution in [0.1, 0.15) is 23.2 Å². The van der Waals surface area contributed by atoms with E-state index in [2.05, 4.69) is 21.2 Å². The van der Waals surface area contributed by atoms with Crippen molar-refractivity contribution in [3.8, 4) is 5.75 Å².